The number of aromatic nitrogens is 1. The Kier molecular flexibility index (Phi) is 3.58. The SMILES string of the molecule is COC(=O)c1ccc(=O)n(CC2CCNC2)c1. The van der Waals surface area contributed by atoms with Crippen LogP contribution in [-0.2, 0) is 11.3 Å². The van der Waals surface area contributed by atoms with Crippen molar-refractivity contribution in [1.82, 2.24) is 9.88 Å². The molecule has 0 aromatic carbocycles. The highest BCUT2D eigenvalue weighted by molar-refractivity contribution is 5.88. The molecule has 1 fully saturated rings. The smallest absolute Gasteiger partial charge is 0.339 e. The lowest BCUT2D eigenvalue weighted by Gasteiger charge is -2.11. The van der Waals surface area contributed by atoms with E-state index in [2.05, 4.69) is 10.1 Å². The summed E-state index contributed by atoms with van der Waals surface area (Å²) in [4.78, 5) is 23.0. The molecule has 92 valence electrons. The Balaban J connectivity index is 2.19. The zero-order chi connectivity index (χ0) is 12.3. The second kappa shape index (κ2) is 5.14. The molecule has 1 aromatic rings. The summed E-state index contributed by atoms with van der Waals surface area (Å²) in [6.07, 6.45) is 2.64. The van der Waals surface area contributed by atoms with E-state index in [9.17, 15) is 9.59 Å². The molecule has 0 amide bonds. The van der Waals surface area contributed by atoms with Gasteiger partial charge in [-0.25, -0.2) is 4.79 Å². The van der Waals surface area contributed by atoms with Crippen molar-refractivity contribution < 1.29 is 9.53 Å². The Bertz CT molecular complexity index is 461. The third kappa shape index (κ3) is 2.74. The molecular formula is C12H16N2O3. The highest BCUT2D eigenvalue weighted by Gasteiger charge is 2.16. The summed E-state index contributed by atoms with van der Waals surface area (Å²) in [6, 6.07) is 2.91. The standard InChI is InChI=1S/C12H16N2O3/c1-17-12(16)10-2-3-11(15)14(8-10)7-9-4-5-13-6-9/h2-3,8-9,13H,4-7H2,1H3. The van der Waals surface area contributed by atoms with Gasteiger partial charge in [0, 0.05) is 18.8 Å². The molecule has 1 N–H and O–H groups in total. The fourth-order valence-electron chi connectivity index (χ4n) is 2.06. The van der Waals surface area contributed by atoms with Gasteiger partial charge in [0.25, 0.3) is 5.56 Å². The van der Waals surface area contributed by atoms with Crippen LogP contribution in [0.25, 0.3) is 0 Å². The van der Waals surface area contributed by atoms with E-state index in [4.69, 9.17) is 0 Å². The fourth-order valence-corrected chi connectivity index (χ4v) is 2.06. The number of carbonyl (C=O) groups excluding carboxylic acids is 1. The van der Waals surface area contributed by atoms with Crippen LogP contribution < -0.4 is 10.9 Å². The van der Waals surface area contributed by atoms with Gasteiger partial charge < -0.3 is 14.6 Å². The van der Waals surface area contributed by atoms with Crippen LogP contribution in [0.2, 0.25) is 0 Å². The molecule has 1 aliphatic rings. The number of ether oxygens (including phenoxy) is 1. The highest BCUT2D eigenvalue weighted by Crippen LogP contribution is 2.10. The Morgan fingerprint density at radius 3 is 3.06 bits per heavy atom. The summed E-state index contributed by atoms with van der Waals surface area (Å²) >= 11 is 0. The Labute approximate surface area is 99.4 Å². The average molecular weight is 236 g/mol. The second-order valence-electron chi connectivity index (χ2n) is 4.26. The number of nitrogens with zero attached hydrogens (tertiary/aromatic N) is 1. The summed E-state index contributed by atoms with van der Waals surface area (Å²) in [7, 11) is 1.33. The number of hydrogen-bond donors (Lipinski definition) is 1. The Hall–Kier alpha value is -1.62. The van der Waals surface area contributed by atoms with E-state index in [-0.39, 0.29) is 5.56 Å². The summed E-state index contributed by atoms with van der Waals surface area (Å²) in [6.45, 7) is 2.57. The molecule has 2 rings (SSSR count). The Morgan fingerprint density at radius 2 is 2.41 bits per heavy atom. The molecule has 5 nitrogen and oxygen atoms in total. The van der Waals surface area contributed by atoms with Crippen molar-refractivity contribution in [3.63, 3.8) is 0 Å². The predicted molar refractivity (Wildman–Crippen MR) is 63.0 cm³/mol. The molecule has 0 aliphatic carbocycles. The zero-order valence-corrected chi connectivity index (χ0v) is 9.81. The molecule has 1 aromatic heterocycles. The van der Waals surface area contributed by atoms with E-state index in [1.54, 1.807) is 10.8 Å². The van der Waals surface area contributed by atoms with Gasteiger partial charge in [-0.05, 0) is 31.5 Å². The van der Waals surface area contributed by atoms with Crippen molar-refractivity contribution >= 4 is 5.97 Å². The van der Waals surface area contributed by atoms with Crippen molar-refractivity contribution in [2.75, 3.05) is 20.2 Å². The van der Waals surface area contributed by atoms with Gasteiger partial charge in [0.1, 0.15) is 0 Å². The lowest BCUT2D eigenvalue weighted by atomic mass is 10.1. The summed E-state index contributed by atoms with van der Waals surface area (Å²) < 4.78 is 6.22. The molecule has 17 heavy (non-hydrogen) atoms. The summed E-state index contributed by atoms with van der Waals surface area (Å²) in [5.74, 6) is 0.0453. The van der Waals surface area contributed by atoms with E-state index in [0.717, 1.165) is 19.5 Å². The number of hydrogen-bond acceptors (Lipinski definition) is 4. The minimum Gasteiger partial charge on any atom is -0.465 e. The largest absolute Gasteiger partial charge is 0.465 e. The van der Waals surface area contributed by atoms with Gasteiger partial charge in [-0.2, -0.15) is 0 Å². The normalized spacial score (nSPS) is 19.2. The van der Waals surface area contributed by atoms with Crippen LogP contribution >= 0.6 is 0 Å². The molecule has 1 saturated heterocycles. The summed E-state index contributed by atoms with van der Waals surface area (Å²) in [5.41, 5.74) is 0.336. The van der Waals surface area contributed by atoms with Crippen molar-refractivity contribution in [3.8, 4) is 0 Å². The van der Waals surface area contributed by atoms with Gasteiger partial charge in [-0.1, -0.05) is 0 Å². The van der Waals surface area contributed by atoms with E-state index < -0.39 is 5.97 Å². The lowest BCUT2D eigenvalue weighted by molar-refractivity contribution is 0.0599. The molecule has 5 heteroatoms. The maximum Gasteiger partial charge on any atom is 0.339 e. The van der Waals surface area contributed by atoms with E-state index in [0.29, 0.717) is 18.0 Å². The number of nitrogens with one attached hydrogen (secondary N) is 1. The van der Waals surface area contributed by atoms with Crippen molar-refractivity contribution in [1.29, 1.82) is 0 Å². The van der Waals surface area contributed by atoms with Crippen LogP contribution in [0.1, 0.15) is 16.8 Å². The molecular weight excluding hydrogens is 220 g/mol. The monoisotopic (exact) mass is 236 g/mol. The zero-order valence-electron chi connectivity index (χ0n) is 9.81. The molecule has 1 aliphatic heterocycles. The number of methoxy groups -OCH3 is 1. The number of esters is 1. The van der Waals surface area contributed by atoms with Crippen LogP contribution in [0.15, 0.2) is 23.1 Å². The van der Waals surface area contributed by atoms with Crippen molar-refractivity contribution in [2.24, 2.45) is 5.92 Å². The quantitative estimate of drug-likeness (QED) is 0.764. The molecule has 2 heterocycles. The van der Waals surface area contributed by atoms with Gasteiger partial charge in [0.15, 0.2) is 0 Å². The van der Waals surface area contributed by atoms with Gasteiger partial charge in [0.05, 0.1) is 12.7 Å². The van der Waals surface area contributed by atoms with Crippen molar-refractivity contribution in [3.05, 3.63) is 34.2 Å². The minimum absolute atomic E-state index is 0.0791. The highest BCUT2D eigenvalue weighted by atomic mass is 16.5. The predicted octanol–water partition coefficient (Wildman–Crippen LogP) is 0.244. The number of rotatable bonds is 3. The van der Waals surface area contributed by atoms with Gasteiger partial charge in [-0.3, -0.25) is 4.79 Å². The van der Waals surface area contributed by atoms with Gasteiger partial charge in [-0.15, -0.1) is 0 Å². The first-order valence-electron chi connectivity index (χ1n) is 5.70. The van der Waals surface area contributed by atoms with E-state index >= 15 is 0 Å². The molecule has 1 atom stereocenters. The van der Waals surface area contributed by atoms with Crippen LogP contribution in [0, 0.1) is 5.92 Å². The molecule has 0 saturated carbocycles. The first kappa shape index (κ1) is 11.9. The maximum atomic E-state index is 11.7. The van der Waals surface area contributed by atoms with Gasteiger partial charge >= 0.3 is 5.97 Å². The molecule has 0 radical (unpaired) electrons. The number of carbonyl (C=O) groups is 1. The van der Waals surface area contributed by atoms with Gasteiger partial charge in [0.2, 0.25) is 0 Å². The van der Waals surface area contributed by atoms with Crippen LogP contribution in [-0.4, -0.2) is 30.7 Å². The van der Waals surface area contributed by atoms with Crippen LogP contribution in [0.5, 0.6) is 0 Å². The van der Waals surface area contributed by atoms with E-state index in [1.165, 1.54) is 19.2 Å². The third-order valence-electron chi connectivity index (χ3n) is 3.02. The van der Waals surface area contributed by atoms with Crippen molar-refractivity contribution in [2.45, 2.75) is 13.0 Å². The van der Waals surface area contributed by atoms with E-state index in [1.807, 2.05) is 0 Å². The first-order valence-corrected chi connectivity index (χ1v) is 5.70. The Morgan fingerprint density at radius 1 is 1.59 bits per heavy atom. The lowest BCUT2D eigenvalue weighted by Crippen LogP contribution is -2.25. The maximum absolute atomic E-state index is 11.7. The fraction of sp³-hybridized carbons (Fsp3) is 0.500. The molecule has 0 bridgehead atoms. The summed E-state index contributed by atoms with van der Waals surface area (Å²) in [5, 5.41) is 3.25. The minimum atomic E-state index is -0.414. The third-order valence-corrected chi connectivity index (χ3v) is 3.02. The molecule has 1 unspecified atom stereocenters. The number of pyridine rings is 1. The topological polar surface area (TPSA) is 60.3 Å². The second-order valence-corrected chi connectivity index (χ2v) is 4.26. The van der Waals surface area contributed by atoms with Crippen LogP contribution in [0.3, 0.4) is 0 Å². The van der Waals surface area contributed by atoms with Crippen LogP contribution in [0.4, 0.5) is 0 Å². The first-order chi connectivity index (χ1) is 8.20. The average Bonchev–Trinajstić information content (AvgIpc) is 2.84. The molecule has 0 spiro atoms.